The number of nitrogens with zero attached hydrogens (tertiary/aromatic N) is 2. The minimum absolute atomic E-state index is 0. The lowest BCUT2D eigenvalue weighted by molar-refractivity contribution is -0.114. The molecule has 2 heterocycles. The number of carbonyl (C=O) groups excluding carboxylic acids is 2. The predicted octanol–water partition coefficient (Wildman–Crippen LogP) is 2.39. The highest BCUT2D eigenvalue weighted by Gasteiger charge is 2.30. The Balaban J connectivity index is 0.00000243. The first-order valence-electron chi connectivity index (χ1n) is 8.05. The van der Waals surface area contributed by atoms with E-state index in [1.807, 2.05) is 12.1 Å². The topological polar surface area (TPSA) is 74.3 Å². The van der Waals surface area contributed by atoms with Crippen molar-refractivity contribution in [3.05, 3.63) is 59.7 Å². The summed E-state index contributed by atoms with van der Waals surface area (Å²) in [6.07, 6.45) is 3.38. The van der Waals surface area contributed by atoms with Gasteiger partial charge in [-0.05, 0) is 29.8 Å². The van der Waals surface area contributed by atoms with Crippen LogP contribution in [0.5, 0.6) is 0 Å². The second-order valence-corrected chi connectivity index (χ2v) is 5.88. The summed E-state index contributed by atoms with van der Waals surface area (Å²) in [6.45, 7) is 3.03. The third-order valence-corrected chi connectivity index (χ3v) is 4.09. The first-order valence-corrected chi connectivity index (χ1v) is 8.05. The molecule has 1 atom stereocenters. The van der Waals surface area contributed by atoms with Gasteiger partial charge in [-0.3, -0.25) is 14.6 Å². The quantitative estimate of drug-likeness (QED) is 0.860. The second kappa shape index (κ2) is 8.73. The largest absolute Gasteiger partial charge is 0.329 e. The summed E-state index contributed by atoms with van der Waals surface area (Å²) in [5.74, 6) is -1.29. The number of aromatic nitrogens is 1. The molecule has 138 valence electrons. The van der Waals surface area contributed by atoms with Crippen molar-refractivity contribution in [3.8, 4) is 0 Å². The minimum atomic E-state index is -0.609. The Morgan fingerprint density at radius 1 is 1.35 bits per heavy atom. The van der Waals surface area contributed by atoms with Crippen LogP contribution in [0.25, 0.3) is 0 Å². The standard InChI is InChI=1S/C18H19FN4O2.ClH/c1-12(24)22-14-4-5-16(19)15(9-14)18(25)23-8-7-21-11-17(23)13-3-2-6-20-10-13;/h2-6,9-10,17,21H,7-8,11H2,1H3,(H,22,24);1H. The average Bonchev–Trinajstić information content (AvgIpc) is 2.63. The average molecular weight is 379 g/mol. The maximum Gasteiger partial charge on any atom is 0.257 e. The molecular formula is C18H20ClFN4O2. The number of anilines is 1. The van der Waals surface area contributed by atoms with Crippen LogP contribution in [0, 0.1) is 5.82 Å². The Morgan fingerprint density at radius 3 is 2.85 bits per heavy atom. The fourth-order valence-electron chi connectivity index (χ4n) is 2.94. The highest BCUT2D eigenvalue weighted by molar-refractivity contribution is 5.97. The van der Waals surface area contributed by atoms with Crippen LogP contribution in [0.3, 0.4) is 0 Å². The molecule has 1 aliphatic rings. The van der Waals surface area contributed by atoms with Crippen molar-refractivity contribution in [3.63, 3.8) is 0 Å². The zero-order chi connectivity index (χ0) is 17.8. The Bertz CT molecular complexity index is 788. The number of nitrogens with one attached hydrogen (secondary N) is 2. The molecule has 0 saturated carbocycles. The molecule has 6 nitrogen and oxygen atoms in total. The van der Waals surface area contributed by atoms with Crippen molar-refractivity contribution in [1.82, 2.24) is 15.2 Å². The van der Waals surface area contributed by atoms with E-state index in [2.05, 4.69) is 15.6 Å². The van der Waals surface area contributed by atoms with E-state index < -0.39 is 11.7 Å². The first-order chi connectivity index (χ1) is 12.1. The van der Waals surface area contributed by atoms with Gasteiger partial charge in [0.15, 0.2) is 0 Å². The van der Waals surface area contributed by atoms with Crippen LogP contribution in [0.15, 0.2) is 42.7 Å². The molecule has 2 amide bonds. The third-order valence-electron chi connectivity index (χ3n) is 4.09. The number of hydrogen-bond acceptors (Lipinski definition) is 4. The molecule has 1 saturated heterocycles. The predicted molar refractivity (Wildman–Crippen MR) is 98.8 cm³/mol. The van der Waals surface area contributed by atoms with Crippen LogP contribution in [0.1, 0.15) is 28.9 Å². The smallest absolute Gasteiger partial charge is 0.257 e. The van der Waals surface area contributed by atoms with Gasteiger partial charge in [0.2, 0.25) is 5.91 Å². The van der Waals surface area contributed by atoms with Crippen molar-refractivity contribution in [2.24, 2.45) is 0 Å². The SMILES string of the molecule is CC(=O)Nc1ccc(F)c(C(=O)N2CCNCC2c2cccnc2)c1.Cl. The fourth-order valence-corrected chi connectivity index (χ4v) is 2.94. The van der Waals surface area contributed by atoms with E-state index in [9.17, 15) is 14.0 Å². The number of benzene rings is 1. The Kier molecular flexibility index (Phi) is 6.65. The van der Waals surface area contributed by atoms with E-state index in [1.54, 1.807) is 17.3 Å². The van der Waals surface area contributed by atoms with Gasteiger partial charge in [-0.15, -0.1) is 12.4 Å². The lowest BCUT2D eigenvalue weighted by Gasteiger charge is -2.36. The van der Waals surface area contributed by atoms with Crippen molar-refractivity contribution < 1.29 is 14.0 Å². The molecule has 3 rings (SSSR count). The third kappa shape index (κ3) is 4.36. The lowest BCUT2D eigenvalue weighted by Crippen LogP contribution is -2.48. The van der Waals surface area contributed by atoms with Crippen LogP contribution in [-0.4, -0.2) is 41.3 Å². The normalized spacial score (nSPS) is 16.5. The summed E-state index contributed by atoms with van der Waals surface area (Å²) in [7, 11) is 0. The first kappa shape index (κ1) is 19.8. The molecule has 0 aliphatic carbocycles. The Morgan fingerprint density at radius 2 is 2.15 bits per heavy atom. The molecule has 1 aromatic heterocycles. The van der Waals surface area contributed by atoms with E-state index >= 15 is 0 Å². The molecular weight excluding hydrogens is 359 g/mol. The van der Waals surface area contributed by atoms with Crippen LogP contribution in [0.4, 0.5) is 10.1 Å². The highest BCUT2D eigenvalue weighted by atomic mass is 35.5. The van der Waals surface area contributed by atoms with Crippen LogP contribution in [-0.2, 0) is 4.79 Å². The number of carbonyl (C=O) groups is 2. The lowest BCUT2D eigenvalue weighted by atomic mass is 10.0. The summed E-state index contributed by atoms with van der Waals surface area (Å²) in [5.41, 5.74) is 1.23. The van der Waals surface area contributed by atoms with E-state index in [1.165, 1.54) is 25.1 Å². The summed E-state index contributed by atoms with van der Waals surface area (Å²) in [5, 5.41) is 5.82. The molecule has 1 aromatic carbocycles. The number of halogens is 2. The van der Waals surface area contributed by atoms with Crippen LogP contribution >= 0.6 is 12.4 Å². The molecule has 1 fully saturated rings. The van der Waals surface area contributed by atoms with Crippen LogP contribution in [0.2, 0.25) is 0 Å². The van der Waals surface area contributed by atoms with Crippen molar-refractivity contribution >= 4 is 29.9 Å². The van der Waals surface area contributed by atoms with Crippen molar-refractivity contribution in [2.45, 2.75) is 13.0 Å². The van der Waals surface area contributed by atoms with Gasteiger partial charge in [-0.2, -0.15) is 0 Å². The number of pyridine rings is 1. The van der Waals surface area contributed by atoms with E-state index in [0.717, 1.165) is 5.56 Å². The van der Waals surface area contributed by atoms with Gasteiger partial charge < -0.3 is 15.5 Å². The summed E-state index contributed by atoms with van der Waals surface area (Å²) in [6, 6.07) is 7.49. The Labute approximate surface area is 157 Å². The summed E-state index contributed by atoms with van der Waals surface area (Å²) in [4.78, 5) is 29.9. The number of rotatable bonds is 3. The van der Waals surface area contributed by atoms with E-state index in [0.29, 0.717) is 25.3 Å². The van der Waals surface area contributed by atoms with Gasteiger partial charge in [0.1, 0.15) is 5.82 Å². The molecule has 1 aliphatic heterocycles. The van der Waals surface area contributed by atoms with E-state index in [4.69, 9.17) is 0 Å². The molecule has 2 aromatic rings. The van der Waals surface area contributed by atoms with Gasteiger partial charge in [0.05, 0.1) is 11.6 Å². The second-order valence-electron chi connectivity index (χ2n) is 5.88. The minimum Gasteiger partial charge on any atom is -0.329 e. The van der Waals surface area contributed by atoms with Gasteiger partial charge in [-0.25, -0.2) is 4.39 Å². The van der Waals surface area contributed by atoms with Crippen molar-refractivity contribution in [2.75, 3.05) is 25.0 Å². The number of piperazine rings is 1. The number of hydrogen-bond donors (Lipinski definition) is 2. The molecule has 2 N–H and O–H groups in total. The van der Waals surface area contributed by atoms with E-state index in [-0.39, 0.29) is 29.9 Å². The summed E-state index contributed by atoms with van der Waals surface area (Å²) >= 11 is 0. The number of amides is 2. The zero-order valence-electron chi connectivity index (χ0n) is 14.2. The molecule has 0 radical (unpaired) electrons. The van der Waals surface area contributed by atoms with Crippen LogP contribution < -0.4 is 10.6 Å². The molecule has 1 unspecified atom stereocenters. The monoisotopic (exact) mass is 378 g/mol. The maximum atomic E-state index is 14.3. The zero-order valence-corrected chi connectivity index (χ0v) is 15.1. The Hall–Kier alpha value is -2.51. The molecule has 8 heteroatoms. The van der Waals surface area contributed by atoms with Crippen molar-refractivity contribution in [1.29, 1.82) is 0 Å². The highest BCUT2D eigenvalue weighted by Crippen LogP contribution is 2.25. The van der Waals surface area contributed by atoms with Gasteiger partial charge in [0, 0.05) is 44.6 Å². The molecule has 0 bridgehead atoms. The summed E-state index contributed by atoms with van der Waals surface area (Å²) < 4.78 is 14.3. The van der Waals surface area contributed by atoms with Gasteiger partial charge >= 0.3 is 0 Å². The molecule has 0 spiro atoms. The van der Waals surface area contributed by atoms with Gasteiger partial charge in [-0.1, -0.05) is 6.07 Å². The fraction of sp³-hybridized carbons (Fsp3) is 0.278. The molecule has 26 heavy (non-hydrogen) atoms. The maximum absolute atomic E-state index is 14.3. The van der Waals surface area contributed by atoms with Gasteiger partial charge in [0.25, 0.3) is 5.91 Å².